The highest BCUT2D eigenvalue weighted by atomic mass is 16.5. The fourth-order valence-electron chi connectivity index (χ4n) is 2.71. The highest BCUT2D eigenvalue weighted by molar-refractivity contribution is 5.37. The van der Waals surface area contributed by atoms with Gasteiger partial charge in [-0.15, -0.1) is 0 Å². The second-order valence-corrected chi connectivity index (χ2v) is 6.27. The van der Waals surface area contributed by atoms with Crippen molar-refractivity contribution in [3.63, 3.8) is 0 Å². The minimum absolute atomic E-state index is 0.0154. The summed E-state index contributed by atoms with van der Waals surface area (Å²) >= 11 is 0. The lowest BCUT2D eigenvalue weighted by Crippen LogP contribution is -2.47. The lowest BCUT2D eigenvalue weighted by Gasteiger charge is -2.38. The maximum atomic E-state index is 9.52. The maximum absolute atomic E-state index is 9.52. The van der Waals surface area contributed by atoms with E-state index >= 15 is 0 Å². The Morgan fingerprint density at radius 2 is 2.19 bits per heavy atom. The average molecular weight is 293 g/mol. The summed E-state index contributed by atoms with van der Waals surface area (Å²) in [5.74, 6) is 0.797. The molecule has 1 fully saturated rings. The molecule has 1 aromatic rings. The molecule has 1 aromatic carbocycles. The standard InChI is InChI=1S/C17H27NO3/c1-4-8-20-16-6-5-14(10-15(16)12-19)11-18-7-9-21-17(2,3)13-18/h5-6,10,19H,4,7-9,11-13H2,1-3H3. The normalized spacial score (nSPS) is 18.7. The van der Waals surface area contributed by atoms with Crippen molar-refractivity contribution in [1.82, 2.24) is 4.90 Å². The van der Waals surface area contributed by atoms with Crippen LogP contribution in [0.5, 0.6) is 5.75 Å². The molecule has 0 aliphatic carbocycles. The third-order valence-electron chi connectivity index (χ3n) is 3.67. The van der Waals surface area contributed by atoms with Crippen LogP contribution in [0, 0.1) is 0 Å². The molecule has 0 saturated carbocycles. The van der Waals surface area contributed by atoms with Crippen molar-refractivity contribution >= 4 is 0 Å². The zero-order valence-corrected chi connectivity index (χ0v) is 13.4. The third-order valence-corrected chi connectivity index (χ3v) is 3.67. The van der Waals surface area contributed by atoms with Gasteiger partial charge in [-0.25, -0.2) is 0 Å². The number of hydrogen-bond acceptors (Lipinski definition) is 4. The average Bonchev–Trinajstić information content (AvgIpc) is 2.44. The number of morpholine rings is 1. The van der Waals surface area contributed by atoms with E-state index in [2.05, 4.69) is 31.7 Å². The Bertz CT molecular complexity index is 459. The van der Waals surface area contributed by atoms with E-state index in [0.29, 0.717) is 6.61 Å². The molecule has 21 heavy (non-hydrogen) atoms. The SMILES string of the molecule is CCCOc1ccc(CN2CCOC(C)(C)C2)cc1CO. The van der Waals surface area contributed by atoms with Gasteiger partial charge < -0.3 is 14.6 Å². The number of nitrogens with zero attached hydrogens (tertiary/aromatic N) is 1. The molecule has 0 aromatic heterocycles. The molecule has 4 heteroatoms. The minimum Gasteiger partial charge on any atom is -0.493 e. The number of benzene rings is 1. The Balaban J connectivity index is 2.03. The fraction of sp³-hybridized carbons (Fsp3) is 0.647. The van der Waals surface area contributed by atoms with Crippen molar-refractivity contribution in [2.75, 3.05) is 26.3 Å². The van der Waals surface area contributed by atoms with E-state index in [1.54, 1.807) is 0 Å². The highest BCUT2D eigenvalue weighted by Crippen LogP contribution is 2.23. The highest BCUT2D eigenvalue weighted by Gasteiger charge is 2.27. The first-order chi connectivity index (χ1) is 10.0. The van der Waals surface area contributed by atoms with Crippen LogP contribution < -0.4 is 4.74 Å². The molecule has 118 valence electrons. The second kappa shape index (κ2) is 7.25. The fourth-order valence-corrected chi connectivity index (χ4v) is 2.71. The number of ether oxygens (including phenoxy) is 2. The second-order valence-electron chi connectivity index (χ2n) is 6.27. The topological polar surface area (TPSA) is 41.9 Å². The Labute approximate surface area is 127 Å². The summed E-state index contributed by atoms with van der Waals surface area (Å²) in [6.07, 6.45) is 0.968. The monoisotopic (exact) mass is 293 g/mol. The summed E-state index contributed by atoms with van der Waals surface area (Å²) in [5.41, 5.74) is 2.00. The van der Waals surface area contributed by atoms with E-state index < -0.39 is 0 Å². The largest absolute Gasteiger partial charge is 0.493 e. The number of aliphatic hydroxyl groups excluding tert-OH is 1. The molecule has 0 amide bonds. The van der Waals surface area contributed by atoms with Crippen molar-refractivity contribution in [2.24, 2.45) is 0 Å². The number of rotatable bonds is 6. The zero-order chi connectivity index (χ0) is 15.3. The van der Waals surface area contributed by atoms with Crippen LogP contribution in [0.25, 0.3) is 0 Å². The van der Waals surface area contributed by atoms with E-state index in [9.17, 15) is 5.11 Å². The van der Waals surface area contributed by atoms with Gasteiger partial charge in [0.1, 0.15) is 5.75 Å². The van der Waals surface area contributed by atoms with Crippen LogP contribution in [0.2, 0.25) is 0 Å². The first kappa shape index (κ1) is 16.3. The van der Waals surface area contributed by atoms with Crippen molar-refractivity contribution in [1.29, 1.82) is 0 Å². The molecule has 0 radical (unpaired) electrons. The molecule has 1 heterocycles. The van der Waals surface area contributed by atoms with Crippen molar-refractivity contribution in [3.8, 4) is 5.75 Å². The Hall–Kier alpha value is -1.10. The van der Waals surface area contributed by atoms with Crippen LogP contribution in [-0.2, 0) is 17.9 Å². The summed E-state index contributed by atoms with van der Waals surface area (Å²) in [6.45, 7) is 10.6. The van der Waals surface area contributed by atoms with E-state index in [-0.39, 0.29) is 12.2 Å². The van der Waals surface area contributed by atoms with Crippen molar-refractivity contribution in [3.05, 3.63) is 29.3 Å². The zero-order valence-electron chi connectivity index (χ0n) is 13.4. The van der Waals surface area contributed by atoms with E-state index in [1.807, 2.05) is 12.1 Å². The molecule has 1 aliphatic heterocycles. The summed E-state index contributed by atoms with van der Waals surface area (Å²) < 4.78 is 11.4. The minimum atomic E-state index is -0.0811. The maximum Gasteiger partial charge on any atom is 0.124 e. The molecular formula is C17H27NO3. The lowest BCUT2D eigenvalue weighted by atomic mass is 10.1. The molecule has 0 bridgehead atoms. The molecule has 0 unspecified atom stereocenters. The Kier molecular flexibility index (Phi) is 5.62. The molecule has 1 saturated heterocycles. The summed E-state index contributed by atoms with van der Waals surface area (Å²) in [7, 11) is 0. The summed E-state index contributed by atoms with van der Waals surface area (Å²) in [5, 5.41) is 9.52. The van der Waals surface area contributed by atoms with Gasteiger partial charge in [-0.05, 0) is 38.0 Å². The van der Waals surface area contributed by atoms with Gasteiger partial charge in [-0.3, -0.25) is 4.90 Å². The van der Waals surface area contributed by atoms with Gasteiger partial charge in [0.25, 0.3) is 0 Å². The van der Waals surface area contributed by atoms with Crippen molar-refractivity contribution < 1.29 is 14.6 Å². The van der Waals surface area contributed by atoms with Gasteiger partial charge >= 0.3 is 0 Å². The molecule has 4 nitrogen and oxygen atoms in total. The Morgan fingerprint density at radius 1 is 1.38 bits per heavy atom. The third kappa shape index (κ3) is 4.70. The predicted molar refractivity (Wildman–Crippen MR) is 83.5 cm³/mol. The van der Waals surface area contributed by atoms with Crippen LogP contribution in [0.4, 0.5) is 0 Å². The smallest absolute Gasteiger partial charge is 0.124 e. The van der Waals surface area contributed by atoms with E-state index in [4.69, 9.17) is 9.47 Å². The van der Waals surface area contributed by atoms with Gasteiger partial charge in [0.05, 0.1) is 25.4 Å². The predicted octanol–water partition coefficient (Wildman–Crippen LogP) is 2.58. The lowest BCUT2D eigenvalue weighted by molar-refractivity contribution is -0.0882. The molecular weight excluding hydrogens is 266 g/mol. The summed E-state index contributed by atoms with van der Waals surface area (Å²) in [6, 6.07) is 6.11. The molecule has 1 N–H and O–H groups in total. The van der Waals surface area contributed by atoms with Gasteiger partial charge in [-0.2, -0.15) is 0 Å². The van der Waals surface area contributed by atoms with Crippen LogP contribution in [-0.4, -0.2) is 41.9 Å². The quantitative estimate of drug-likeness (QED) is 0.875. The van der Waals surface area contributed by atoms with Crippen molar-refractivity contribution in [2.45, 2.75) is 45.9 Å². The molecule has 2 rings (SSSR count). The van der Waals surface area contributed by atoms with Gasteiger partial charge in [0.2, 0.25) is 0 Å². The van der Waals surface area contributed by atoms with E-state index in [1.165, 1.54) is 5.56 Å². The first-order valence-corrected chi connectivity index (χ1v) is 7.76. The van der Waals surface area contributed by atoms with Crippen LogP contribution >= 0.6 is 0 Å². The van der Waals surface area contributed by atoms with Gasteiger partial charge in [-0.1, -0.05) is 13.0 Å². The number of hydrogen-bond donors (Lipinski definition) is 1. The van der Waals surface area contributed by atoms with Crippen LogP contribution in [0.15, 0.2) is 18.2 Å². The molecule has 1 aliphatic rings. The molecule has 0 atom stereocenters. The molecule has 0 spiro atoms. The van der Waals surface area contributed by atoms with Gasteiger partial charge in [0.15, 0.2) is 0 Å². The van der Waals surface area contributed by atoms with Crippen LogP contribution in [0.3, 0.4) is 0 Å². The number of aliphatic hydroxyl groups is 1. The van der Waals surface area contributed by atoms with Crippen LogP contribution in [0.1, 0.15) is 38.3 Å². The Morgan fingerprint density at radius 3 is 2.86 bits per heavy atom. The first-order valence-electron chi connectivity index (χ1n) is 7.76. The summed E-state index contributed by atoms with van der Waals surface area (Å²) in [4.78, 5) is 2.40. The van der Waals surface area contributed by atoms with Gasteiger partial charge in [0, 0.05) is 25.2 Å². The van der Waals surface area contributed by atoms with E-state index in [0.717, 1.165) is 44.0 Å².